The highest BCUT2D eigenvalue weighted by Gasteiger charge is 2.22. The van der Waals surface area contributed by atoms with Crippen molar-refractivity contribution < 1.29 is 0 Å². The Morgan fingerprint density at radius 1 is 1.32 bits per heavy atom. The van der Waals surface area contributed by atoms with E-state index in [1.807, 2.05) is 0 Å². The molecule has 0 saturated carbocycles. The van der Waals surface area contributed by atoms with Gasteiger partial charge in [0.1, 0.15) is 5.52 Å². The van der Waals surface area contributed by atoms with Crippen LogP contribution in [0.4, 0.5) is 0 Å². The number of aromatic nitrogens is 4. The second kappa shape index (κ2) is 7.35. The minimum absolute atomic E-state index is 0.0285. The SMILES string of the molecule is CN/C=C(\C=N)c1ccc2ncc3c(=O)[nH]c(=O)n(C4CCNCC4)c3c2n1. The van der Waals surface area contributed by atoms with Crippen molar-refractivity contribution in [1.29, 1.82) is 5.41 Å². The van der Waals surface area contributed by atoms with E-state index in [1.54, 1.807) is 29.9 Å². The molecule has 4 rings (SSSR count). The van der Waals surface area contributed by atoms with E-state index >= 15 is 0 Å². The molecule has 0 aliphatic carbocycles. The third-order valence-corrected chi connectivity index (χ3v) is 5.04. The Bertz CT molecular complexity index is 1200. The molecule has 0 bridgehead atoms. The van der Waals surface area contributed by atoms with Gasteiger partial charge in [-0.3, -0.25) is 19.3 Å². The van der Waals surface area contributed by atoms with E-state index < -0.39 is 11.2 Å². The molecule has 0 atom stereocenters. The molecule has 1 fully saturated rings. The van der Waals surface area contributed by atoms with Gasteiger partial charge in [-0.25, -0.2) is 9.78 Å². The average molecular weight is 379 g/mol. The van der Waals surface area contributed by atoms with Crippen LogP contribution in [0.1, 0.15) is 24.6 Å². The van der Waals surface area contributed by atoms with Crippen LogP contribution in [0.5, 0.6) is 0 Å². The molecular formula is C19H21N7O2. The van der Waals surface area contributed by atoms with Crippen molar-refractivity contribution in [3.63, 3.8) is 0 Å². The molecule has 1 aliphatic rings. The van der Waals surface area contributed by atoms with E-state index in [0.29, 0.717) is 33.2 Å². The van der Waals surface area contributed by atoms with Crippen LogP contribution in [-0.4, -0.2) is 45.9 Å². The van der Waals surface area contributed by atoms with Gasteiger partial charge in [-0.05, 0) is 38.1 Å². The van der Waals surface area contributed by atoms with Crippen molar-refractivity contribution >= 4 is 33.7 Å². The molecule has 1 saturated heterocycles. The monoisotopic (exact) mass is 379 g/mol. The Labute approximate surface area is 160 Å². The van der Waals surface area contributed by atoms with E-state index in [4.69, 9.17) is 5.41 Å². The van der Waals surface area contributed by atoms with Gasteiger partial charge >= 0.3 is 5.69 Å². The molecule has 9 nitrogen and oxygen atoms in total. The van der Waals surface area contributed by atoms with Gasteiger partial charge in [0, 0.05) is 37.3 Å². The highest BCUT2D eigenvalue weighted by Crippen LogP contribution is 2.26. The lowest BCUT2D eigenvalue weighted by Gasteiger charge is -2.26. The quantitative estimate of drug-likeness (QED) is 0.391. The zero-order chi connectivity index (χ0) is 19.7. The number of nitrogens with zero attached hydrogens (tertiary/aromatic N) is 3. The smallest absolute Gasteiger partial charge is 0.329 e. The predicted octanol–water partition coefficient (Wildman–Crippen LogP) is 0.767. The summed E-state index contributed by atoms with van der Waals surface area (Å²) in [6, 6.07) is 3.54. The number of fused-ring (bicyclic) bond motifs is 3. The Balaban J connectivity index is 2.09. The van der Waals surface area contributed by atoms with E-state index in [9.17, 15) is 9.59 Å². The number of pyridine rings is 2. The van der Waals surface area contributed by atoms with Crippen molar-refractivity contribution in [2.24, 2.45) is 0 Å². The van der Waals surface area contributed by atoms with E-state index in [1.165, 1.54) is 12.4 Å². The van der Waals surface area contributed by atoms with E-state index in [0.717, 1.165) is 25.9 Å². The van der Waals surface area contributed by atoms with Crippen LogP contribution in [0.2, 0.25) is 0 Å². The van der Waals surface area contributed by atoms with Gasteiger partial charge < -0.3 is 16.0 Å². The lowest BCUT2D eigenvalue weighted by atomic mass is 10.1. The van der Waals surface area contributed by atoms with Crippen molar-refractivity contribution in [3.05, 3.63) is 51.1 Å². The summed E-state index contributed by atoms with van der Waals surface area (Å²) in [6.45, 7) is 1.62. The number of H-pyrrole nitrogens is 1. The summed E-state index contributed by atoms with van der Waals surface area (Å²) in [5.74, 6) is 0. The van der Waals surface area contributed by atoms with Gasteiger partial charge in [-0.1, -0.05) is 0 Å². The normalized spacial score (nSPS) is 15.8. The molecule has 9 heteroatoms. The van der Waals surface area contributed by atoms with Crippen LogP contribution in [0.25, 0.3) is 27.5 Å². The molecule has 28 heavy (non-hydrogen) atoms. The standard InChI is InChI=1S/C19H21N7O2/c1-21-9-11(8-20)14-2-3-15-16(24-14)17-13(10-23-15)18(27)25-19(28)26(17)12-4-6-22-7-5-12/h2-3,8-10,12,20-22H,4-7H2,1H3,(H,25,27,28)/b11-9+,20-8?. The van der Waals surface area contributed by atoms with Crippen LogP contribution >= 0.6 is 0 Å². The first-order valence-corrected chi connectivity index (χ1v) is 9.17. The number of piperidine rings is 1. The third-order valence-electron chi connectivity index (χ3n) is 5.04. The summed E-state index contributed by atoms with van der Waals surface area (Å²) in [5, 5.41) is 14.2. The van der Waals surface area contributed by atoms with Crippen LogP contribution in [-0.2, 0) is 0 Å². The maximum Gasteiger partial charge on any atom is 0.329 e. The fourth-order valence-corrected chi connectivity index (χ4v) is 3.71. The second-order valence-electron chi connectivity index (χ2n) is 6.73. The summed E-state index contributed by atoms with van der Waals surface area (Å²) in [4.78, 5) is 36.7. The highest BCUT2D eigenvalue weighted by molar-refractivity contribution is 6.09. The number of hydrogen-bond donors (Lipinski definition) is 4. The summed E-state index contributed by atoms with van der Waals surface area (Å²) >= 11 is 0. The molecule has 0 unspecified atom stereocenters. The van der Waals surface area contributed by atoms with Gasteiger partial charge in [-0.15, -0.1) is 0 Å². The zero-order valence-corrected chi connectivity index (χ0v) is 15.5. The first kappa shape index (κ1) is 18.1. The molecule has 1 aliphatic heterocycles. The van der Waals surface area contributed by atoms with E-state index in [-0.39, 0.29) is 6.04 Å². The number of rotatable bonds is 4. The first-order valence-electron chi connectivity index (χ1n) is 9.17. The van der Waals surface area contributed by atoms with Gasteiger partial charge in [0.2, 0.25) is 0 Å². The molecule has 0 aromatic carbocycles. The summed E-state index contributed by atoms with van der Waals surface area (Å²) in [6.07, 6.45) is 5.95. The van der Waals surface area contributed by atoms with Crippen LogP contribution in [0.15, 0.2) is 34.1 Å². The van der Waals surface area contributed by atoms with Crippen molar-refractivity contribution in [2.45, 2.75) is 18.9 Å². The third kappa shape index (κ3) is 2.99. The molecule has 0 amide bonds. The largest absolute Gasteiger partial charge is 0.393 e. The molecular weight excluding hydrogens is 358 g/mol. The fourth-order valence-electron chi connectivity index (χ4n) is 3.71. The van der Waals surface area contributed by atoms with Crippen molar-refractivity contribution in [1.82, 2.24) is 30.2 Å². The summed E-state index contributed by atoms with van der Waals surface area (Å²) < 4.78 is 1.66. The number of aromatic amines is 1. The fraction of sp³-hybridized carbons (Fsp3) is 0.316. The first-order chi connectivity index (χ1) is 13.6. The molecule has 3 aromatic rings. The Morgan fingerprint density at radius 2 is 2.11 bits per heavy atom. The second-order valence-corrected chi connectivity index (χ2v) is 6.73. The molecule has 3 aromatic heterocycles. The summed E-state index contributed by atoms with van der Waals surface area (Å²) in [5.41, 5.74) is 1.84. The van der Waals surface area contributed by atoms with Gasteiger partial charge in [0.05, 0.1) is 22.1 Å². The van der Waals surface area contributed by atoms with Crippen LogP contribution in [0.3, 0.4) is 0 Å². The van der Waals surface area contributed by atoms with Crippen LogP contribution < -0.4 is 21.9 Å². The van der Waals surface area contributed by atoms with Gasteiger partial charge in [0.15, 0.2) is 0 Å². The molecule has 0 spiro atoms. The average Bonchev–Trinajstić information content (AvgIpc) is 2.72. The Hall–Kier alpha value is -3.33. The number of allylic oxidation sites excluding steroid dienone is 1. The maximum atomic E-state index is 12.8. The number of nitrogens with one attached hydrogen (secondary N) is 4. The summed E-state index contributed by atoms with van der Waals surface area (Å²) in [7, 11) is 1.75. The van der Waals surface area contributed by atoms with E-state index in [2.05, 4.69) is 25.6 Å². The minimum atomic E-state index is -0.468. The zero-order valence-electron chi connectivity index (χ0n) is 15.5. The molecule has 0 radical (unpaired) electrons. The van der Waals surface area contributed by atoms with Gasteiger partial charge in [0.25, 0.3) is 5.56 Å². The Kier molecular flexibility index (Phi) is 4.74. The topological polar surface area (TPSA) is 129 Å². The predicted molar refractivity (Wildman–Crippen MR) is 109 cm³/mol. The minimum Gasteiger partial charge on any atom is -0.393 e. The Morgan fingerprint density at radius 3 is 2.82 bits per heavy atom. The number of hydrogen-bond acceptors (Lipinski definition) is 7. The molecule has 4 N–H and O–H groups in total. The molecule has 4 heterocycles. The molecule has 144 valence electrons. The van der Waals surface area contributed by atoms with Crippen LogP contribution in [0, 0.1) is 5.41 Å². The maximum absolute atomic E-state index is 12.8. The van der Waals surface area contributed by atoms with Crippen molar-refractivity contribution in [3.8, 4) is 0 Å². The van der Waals surface area contributed by atoms with Gasteiger partial charge in [-0.2, -0.15) is 0 Å². The lowest BCUT2D eigenvalue weighted by molar-refractivity contribution is 0.365. The highest BCUT2D eigenvalue weighted by atomic mass is 16.2. The van der Waals surface area contributed by atoms with Crippen molar-refractivity contribution in [2.75, 3.05) is 20.1 Å². The lowest BCUT2D eigenvalue weighted by Crippen LogP contribution is -2.38.